The highest BCUT2D eigenvalue weighted by molar-refractivity contribution is 6.36. The Kier molecular flexibility index (Phi) is 7.08. The van der Waals surface area contributed by atoms with Crippen molar-refractivity contribution in [3.8, 4) is 6.07 Å². The summed E-state index contributed by atoms with van der Waals surface area (Å²) in [4.78, 5) is 12.3. The molecule has 6 heteroatoms. The maximum atomic E-state index is 12.3. The first kappa shape index (κ1) is 19.8. The van der Waals surface area contributed by atoms with Crippen molar-refractivity contribution in [1.82, 2.24) is 5.32 Å². The van der Waals surface area contributed by atoms with E-state index in [1.807, 2.05) is 37.3 Å². The van der Waals surface area contributed by atoms with Gasteiger partial charge < -0.3 is 10.6 Å². The van der Waals surface area contributed by atoms with Gasteiger partial charge in [-0.3, -0.25) is 4.79 Å². The number of nitrogens with zero attached hydrogens (tertiary/aromatic N) is 1. The molecule has 0 radical (unpaired) electrons. The number of carbonyl (C=O) groups excluding carboxylic acids is 1. The van der Waals surface area contributed by atoms with Crippen LogP contribution in [0.4, 0.5) is 5.69 Å². The molecule has 0 bridgehead atoms. The van der Waals surface area contributed by atoms with Gasteiger partial charge in [0.05, 0.1) is 16.8 Å². The van der Waals surface area contributed by atoms with Gasteiger partial charge in [0.15, 0.2) is 0 Å². The molecule has 0 aliphatic heterocycles. The molecular weight excluding hydrogens is 369 g/mol. The normalized spacial score (nSPS) is 12.2. The summed E-state index contributed by atoms with van der Waals surface area (Å²) in [6.45, 7) is 3.96. The van der Waals surface area contributed by atoms with E-state index in [1.54, 1.807) is 18.2 Å². The average Bonchev–Trinajstić information content (AvgIpc) is 2.63. The first-order chi connectivity index (χ1) is 12.4. The van der Waals surface area contributed by atoms with Crippen LogP contribution in [0.15, 0.2) is 54.2 Å². The lowest BCUT2D eigenvalue weighted by Crippen LogP contribution is -2.28. The molecule has 26 heavy (non-hydrogen) atoms. The van der Waals surface area contributed by atoms with E-state index >= 15 is 0 Å². The van der Waals surface area contributed by atoms with Gasteiger partial charge in [-0.2, -0.15) is 5.26 Å². The molecule has 0 saturated carbocycles. The highest BCUT2D eigenvalue weighted by Crippen LogP contribution is 2.25. The molecule has 1 amide bonds. The number of benzene rings is 2. The zero-order valence-corrected chi connectivity index (χ0v) is 16.0. The zero-order valence-electron chi connectivity index (χ0n) is 14.5. The summed E-state index contributed by atoms with van der Waals surface area (Å²) in [5.41, 5.74) is 2.71. The van der Waals surface area contributed by atoms with Gasteiger partial charge in [-0.1, -0.05) is 54.4 Å². The van der Waals surface area contributed by atoms with E-state index in [2.05, 4.69) is 17.6 Å². The minimum absolute atomic E-state index is 0.0481. The molecule has 0 spiro atoms. The molecule has 2 aromatic rings. The van der Waals surface area contributed by atoms with Gasteiger partial charge >= 0.3 is 0 Å². The van der Waals surface area contributed by atoms with Gasteiger partial charge in [-0.25, -0.2) is 0 Å². The molecule has 0 aliphatic rings. The predicted molar refractivity (Wildman–Crippen MR) is 106 cm³/mol. The highest BCUT2D eigenvalue weighted by atomic mass is 35.5. The van der Waals surface area contributed by atoms with Crippen molar-refractivity contribution in [3.63, 3.8) is 0 Å². The lowest BCUT2D eigenvalue weighted by molar-refractivity contribution is -0.117. The molecule has 0 saturated heterocycles. The molecule has 1 atom stereocenters. The van der Waals surface area contributed by atoms with Crippen molar-refractivity contribution in [2.45, 2.75) is 26.3 Å². The van der Waals surface area contributed by atoms with E-state index in [9.17, 15) is 10.1 Å². The van der Waals surface area contributed by atoms with Crippen molar-refractivity contribution in [2.24, 2.45) is 0 Å². The van der Waals surface area contributed by atoms with Crippen LogP contribution < -0.4 is 10.6 Å². The summed E-state index contributed by atoms with van der Waals surface area (Å²) in [5.74, 6) is -0.461. The number of nitrogens with one attached hydrogen (secondary N) is 2. The fraction of sp³-hybridized carbons (Fsp3) is 0.200. The molecule has 0 aromatic heterocycles. The third-order valence-corrected chi connectivity index (χ3v) is 4.45. The average molecular weight is 388 g/mol. The molecule has 4 nitrogen and oxygen atoms in total. The second kappa shape index (κ2) is 9.28. The van der Waals surface area contributed by atoms with Crippen LogP contribution >= 0.6 is 23.2 Å². The van der Waals surface area contributed by atoms with Crippen LogP contribution in [0.1, 0.15) is 31.0 Å². The molecule has 1 unspecified atom stereocenters. The van der Waals surface area contributed by atoms with E-state index in [-0.39, 0.29) is 11.6 Å². The number of rotatable bonds is 6. The number of anilines is 1. The zero-order chi connectivity index (χ0) is 19.1. The molecule has 2 aromatic carbocycles. The molecule has 0 heterocycles. The van der Waals surface area contributed by atoms with Crippen LogP contribution in [-0.4, -0.2) is 5.91 Å². The summed E-state index contributed by atoms with van der Waals surface area (Å²) in [6, 6.07) is 14.6. The van der Waals surface area contributed by atoms with Gasteiger partial charge in [0.25, 0.3) is 5.91 Å². The van der Waals surface area contributed by atoms with Crippen LogP contribution in [0.25, 0.3) is 0 Å². The number of nitriles is 1. The Bertz CT molecular complexity index is 854. The van der Waals surface area contributed by atoms with Gasteiger partial charge in [-0.05, 0) is 42.7 Å². The second-order valence-electron chi connectivity index (χ2n) is 5.73. The number of aryl methyl sites for hydroxylation is 1. The topological polar surface area (TPSA) is 64.9 Å². The largest absolute Gasteiger partial charge is 0.359 e. The number of hydrogen-bond donors (Lipinski definition) is 2. The number of halogens is 2. The third-order valence-electron chi connectivity index (χ3n) is 3.90. The van der Waals surface area contributed by atoms with Crippen molar-refractivity contribution >= 4 is 34.8 Å². The van der Waals surface area contributed by atoms with Gasteiger partial charge in [0.2, 0.25) is 0 Å². The number of hydrogen-bond acceptors (Lipinski definition) is 3. The fourth-order valence-electron chi connectivity index (χ4n) is 2.30. The van der Waals surface area contributed by atoms with Gasteiger partial charge in [-0.15, -0.1) is 0 Å². The van der Waals surface area contributed by atoms with Gasteiger partial charge in [0, 0.05) is 11.2 Å². The fourth-order valence-corrected chi connectivity index (χ4v) is 2.77. The number of carbonyl (C=O) groups is 1. The van der Waals surface area contributed by atoms with Crippen LogP contribution in [-0.2, 0) is 11.2 Å². The summed E-state index contributed by atoms with van der Waals surface area (Å²) in [7, 11) is 0. The highest BCUT2D eigenvalue weighted by Gasteiger charge is 2.14. The van der Waals surface area contributed by atoms with Crippen molar-refractivity contribution in [1.29, 1.82) is 5.26 Å². The van der Waals surface area contributed by atoms with E-state index in [0.717, 1.165) is 12.0 Å². The Morgan fingerprint density at radius 1 is 1.23 bits per heavy atom. The van der Waals surface area contributed by atoms with Gasteiger partial charge in [0.1, 0.15) is 11.6 Å². The van der Waals surface area contributed by atoms with E-state index in [1.165, 1.54) is 11.8 Å². The molecule has 134 valence electrons. The monoisotopic (exact) mass is 387 g/mol. The first-order valence-corrected chi connectivity index (χ1v) is 8.91. The van der Waals surface area contributed by atoms with Crippen molar-refractivity contribution < 1.29 is 4.79 Å². The second-order valence-corrected chi connectivity index (χ2v) is 6.57. The maximum Gasteiger partial charge on any atom is 0.263 e. The Labute approximate surface area is 163 Å². The Morgan fingerprint density at radius 2 is 1.92 bits per heavy atom. The van der Waals surface area contributed by atoms with E-state index in [0.29, 0.717) is 15.7 Å². The standard InChI is InChI=1S/C20H19Cl2N3O/c1-3-14-4-6-15(7-5-14)13(2)25-20(26)16(11-23)12-24-19-9-8-17(21)10-18(19)22/h4-10,12-13,24H,3H2,1-2H3,(H,25,26)/b16-12-. The predicted octanol–water partition coefficient (Wildman–Crippen LogP) is 5.25. The van der Waals surface area contributed by atoms with Crippen LogP contribution in [0.5, 0.6) is 0 Å². The Hall–Kier alpha value is -2.48. The molecule has 0 aliphatic carbocycles. The molecule has 0 fully saturated rings. The SMILES string of the molecule is CCc1ccc(C(C)NC(=O)/C(C#N)=C\Nc2ccc(Cl)cc2Cl)cc1. The summed E-state index contributed by atoms with van der Waals surface area (Å²) in [5, 5.41) is 15.9. The minimum Gasteiger partial charge on any atom is -0.359 e. The molecule has 2 rings (SSSR count). The van der Waals surface area contributed by atoms with Crippen LogP contribution in [0.3, 0.4) is 0 Å². The summed E-state index contributed by atoms with van der Waals surface area (Å²) >= 11 is 11.9. The third kappa shape index (κ3) is 5.26. The van der Waals surface area contributed by atoms with Crippen molar-refractivity contribution in [2.75, 3.05) is 5.32 Å². The van der Waals surface area contributed by atoms with E-state index in [4.69, 9.17) is 23.2 Å². The molecule has 2 N–H and O–H groups in total. The quantitative estimate of drug-likeness (QED) is 0.525. The molecular formula is C20H19Cl2N3O. The lowest BCUT2D eigenvalue weighted by atomic mass is 10.0. The van der Waals surface area contributed by atoms with Crippen LogP contribution in [0.2, 0.25) is 10.0 Å². The minimum atomic E-state index is -0.461. The smallest absolute Gasteiger partial charge is 0.263 e. The Morgan fingerprint density at radius 3 is 2.50 bits per heavy atom. The Balaban J connectivity index is 2.06. The lowest BCUT2D eigenvalue weighted by Gasteiger charge is -2.14. The summed E-state index contributed by atoms with van der Waals surface area (Å²) in [6.07, 6.45) is 2.29. The summed E-state index contributed by atoms with van der Waals surface area (Å²) < 4.78 is 0. The van der Waals surface area contributed by atoms with Crippen molar-refractivity contribution in [3.05, 3.63) is 75.4 Å². The van der Waals surface area contributed by atoms with E-state index < -0.39 is 5.91 Å². The van der Waals surface area contributed by atoms with Crippen LogP contribution in [0, 0.1) is 11.3 Å². The first-order valence-electron chi connectivity index (χ1n) is 8.16. The maximum absolute atomic E-state index is 12.3. The number of amides is 1.